The minimum Gasteiger partial charge on any atom is -0.378 e. The van der Waals surface area contributed by atoms with Crippen molar-refractivity contribution in [3.8, 4) is 0 Å². The van der Waals surface area contributed by atoms with Crippen molar-refractivity contribution in [2.45, 2.75) is 45.1 Å². The number of nitrogens with one attached hydrogen (secondary N) is 1. The van der Waals surface area contributed by atoms with Gasteiger partial charge in [0.15, 0.2) is 5.65 Å². The first kappa shape index (κ1) is 28.0. The van der Waals surface area contributed by atoms with Gasteiger partial charge in [-0.05, 0) is 44.4 Å². The Kier molecular flexibility index (Phi) is 7.73. The predicted molar refractivity (Wildman–Crippen MR) is 160 cm³/mol. The first-order valence-corrected chi connectivity index (χ1v) is 16.5. The van der Waals surface area contributed by atoms with Gasteiger partial charge in [0.05, 0.1) is 42.5 Å². The van der Waals surface area contributed by atoms with E-state index in [0.29, 0.717) is 24.8 Å². The van der Waals surface area contributed by atoms with Crippen molar-refractivity contribution in [2.24, 2.45) is 0 Å². The van der Waals surface area contributed by atoms with Crippen LogP contribution in [0.2, 0.25) is 5.02 Å². The molecule has 3 aliphatic rings. The summed E-state index contributed by atoms with van der Waals surface area (Å²) in [5.74, 6) is 1.73. The van der Waals surface area contributed by atoms with E-state index in [-0.39, 0.29) is 23.2 Å². The molecule has 0 bridgehead atoms. The van der Waals surface area contributed by atoms with Crippen LogP contribution < -0.4 is 14.5 Å². The molecule has 0 spiro atoms. The van der Waals surface area contributed by atoms with Gasteiger partial charge in [-0.2, -0.15) is 9.61 Å². The molecule has 0 aliphatic carbocycles. The van der Waals surface area contributed by atoms with Crippen molar-refractivity contribution in [2.75, 3.05) is 66.7 Å². The quantitative estimate of drug-likeness (QED) is 0.453. The summed E-state index contributed by atoms with van der Waals surface area (Å²) in [7, 11) is -3.60. The minimum absolute atomic E-state index is 0.214. The number of rotatable bonds is 6. The fourth-order valence-electron chi connectivity index (χ4n) is 6.02. The molecule has 1 aromatic carbocycles. The van der Waals surface area contributed by atoms with Gasteiger partial charge in [0.2, 0.25) is 10.0 Å². The van der Waals surface area contributed by atoms with Gasteiger partial charge in [-0.25, -0.2) is 13.4 Å². The van der Waals surface area contributed by atoms with Crippen LogP contribution in [0.5, 0.6) is 0 Å². The van der Waals surface area contributed by atoms with Gasteiger partial charge < -0.3 is 19.4 Å². The summed E-state index contributed by atoms with van der Waals surface area (Å²) in [4.78, 5) is 25.6. The van der Waals surface area contributed by atoms with Crippen LogP contribution in [0.3, 0.4) is 0 Å². The maximum atomic E-state index is 14.1. The van der Waals surface area contributed by atoms with Gasteiger partial charge in [-0.1, -0.05) is 24.4 Å². The van der Waals surface area contributed by atoms with Crippen LogP contribution in [0, 0.1) is 6.92 Å². The predicted octanol–water partition coefficient (Wildman–Crippen LogP) is 3.87. The summed E-state index contributed by atoms with van der Waals surface area (Å²) < 4.78 is 34.2. The topological polar surface area (TPSA) is 112 Å². The van der Waals surface area contributed by atoms with E-state index < -0.39 is 10.0 Å². The van der Waals surface area contributed by atoms with Crippen molar-refractivity contribution < 1.29 is 17.9 Å². The Morgan fingerprint density at radius 1 is 1.02 bits per heavy atom. The molecule has 1 unspecified atom stereocenters. The number of likely N-dealkylation sites (tertiary alicyclic amines) is 1. The van der Waals surface area contributed by atoms with Crippen LogP contribution in [0.25, 0.3) is 5.65 Å². The molecular formula is C28H36ClN7O4S. The molecule has 0 radical (unpaired) electrons. The second-order valence-corrected chi connectivity index (χ2v) is 13.3. The number of morpholine rings is 1. The Balaban J connectivity index is 1.43. The third kappa shape index (κ3) is 5.69. The van der Waals surface area contributed by atoms with Gasteiger partial charge in [0, 0.05) is 49.4 Å². The molecule has 6 rings (SSSR count). The minimum atomic E-state index is -3.60. The van der Waals surface area contributed by atoms with E-state index >= 15 is 0 Å². The summed E-state index contributed by atoms with van der Waals surface area (Å²) >= 11 is 6.28. The molecule has 41 heavy (non-hydrogen) atoms. The number of carbonyl (C=O) groups is 1. The molecule has 1 N–H and O–H groups in total. The maximum absolute atomic E-state index is 14.1. The standard InChI is InChI=1S/C28H36ClN7O4S/c1-19-26(33-10-6-11-33)30-25-18-23(31-36(25)27(19)34-13-15-40-16-14-34)24-7-4-3-5-12-35(24)28(37)21-17-20(29)8-9-22(21)32-41(2,38)39/h8-9,17-18,24,32H,3-7,10-16H2,1-2H3. The highest BCUT2D eigenvalue weighted by molar-refractivity contribution is 7.92. The number of sulfonamides is 1. The lowest BCUT2D eigenvalue weighted by molar-refractivity contribution is 0.0678. The molecule has 11 nitrogen and oxygen atoms in total. The van der Waals surface area contributed by atoms with E-state index in [1.807, 2.05) is 15.5 Å². The lowest BCUT2D eigenvalue weighted by Crippen LogP contribution is -2.41. The Hall–Kier alpha value is -3.09. The van der Waals surface area contributed by atoms with E-state index in [1.54, 1.807) is 6.07 Å². The lowest BCUT2D eigenvalue weighted by atomic mass is 10.0. The normalized spacial score (nSPS) is 20.2. The highest BCUT2D eigenvalue weighted by Crippen LogP contribution is 2.36. The van der Waals surface area contributed by atoms with Crippen LogP contribution in [-0.4, -0.2) is 86.0 Å². The highest BCUT2D eigenvalue weighted by Gasteiger charge is 2.33. The molecule has 220 valence electrons. The Labute approximate surface area is 245 Å². The number of ether oxygens (including phenoxy) is 1. The first-order chi connectivity index (χ1) is 19.7. The van der Waals surface area contributed by atoms with Crippen molar-refractivity contribution in [3.05, 3.63) is 46.1 Å². The smallest absolute Gasteiger partial charge is 0.256 e. The van der Waals surface area contributed by atoms with Crippen LogP contribution in [-0.2, 0) is 14.8 Å². The molecule has 3 aliphatic heterocycles. The molecule has 0 saturated carbocycles. The summed E-state index contributed by atoms with van der Waals surface area (Å²) in [5.41, 5.74) is 3.07. The van der Waals surface area contributed by atoms with E-state index in [0.717, 1.165) is 93.1 Å². The van der Waals surface area contributed by atoms with Gasteiger partial charge in [0.25, 0.3) is 5.91 Å². The third-order valence-electron chi connectivity index (χ3n) is 8.13. The van der Waals surface area contributed by atoms with Crippen molar-refractivity contribution in [1.82, 2.24) is 19.5 Å². The second kappa shape index (κ2) is 11.3. The Bertz CT molecular complexity index is 1570. The number of nitrogens with zero attached hydrogens (tertiary/aromatic N) is 6. The Morgan fingerprint density at radius 2 is 1.80 bits per heavy atom. The van der Waals surface area contributed by atoms with Crippen molar-refractivity contribution in [1.29, 1.82) is 0 Å². The molecule has 1 amide bonds. The average molecular weight is 602 g/mol. The largest absolute Gasteiger partial charge is 0.378 e. The number of anilines is 3. The molecule has 3 saturated heterocycles. The SMILES string of the molecule is Cc1c(N2CCC2)nc2cc(C3CCCCCN3C(=O)c3cc(Cl)ccc3NS(C)(=O)=O)nn2c1N1CCOCC1. The van der Waals surface area contributed by atoms with Gasteiger partial charge in [-0.3, -0.25) is 9.52 Å². The number of fused-ring (bicyclic) bond motifs is 1. The highest BCUT2D eigenvalue weighted by atomic mass is 35.5. The molecule has 3 fully saturated rings. The van der Waals surface area contributed by atoms with Crippen LogP contribution in [0.1, 0.15) is 59.8 Å². The van der Waals surface area contributed by atoms with Crippen LogP contribution in [0.15, 0.2) is 24.3 Å². The zero-order valence-electron chi connectivity index (χ0n) is 23.5. The average Bonchev–Trinajstić information content (AvgIpc) is 3.16. The number of amides is 1. The maximum Gasteiger partial charge on any atom is 0.256 e. The zero-order chi connectivity index (χ0) is 28.7. The number of halogens is 1. The van der Waals surface area contributed by atoms with E-state index in [1.165, 1.54) is 12.1 Å². The number of benzene rings is 1. The fourth-order valence-corrected chi connectivity index (χ4v) is 6.77. The van der Waals surface area contributed by atoms with Crippen LogP contribution in [0.4, 0.5) is 17.3 Å². The molecule has 13 heteroatoms. The van der Waals surface area contributed by atoms with Crippen LogP contribution >= 0.6 is 11.6 Å². The van der Waals surface area contributed by atoms with Crippen molar-refractivity contribution >= 4 is 50.5 Å². The fraction of sp³-hybridized carbons (Fsp3) is 0.536. The molecule has 3 aromatic rings. The van der Waals surface area contributed by atoms with E-state index in [4.69, 9.17) is 26.4 Å². The number of hydrogen-bond donors (Lipinski definition) is 1. The van der Waals surface area contributed by atoms with Gasteiger partial charge in [-0.15, -0.1) is 0 Å². The van der Waals surface area contributed by atoms with E-state index in [9.17, 15) is 13.2 Å². The summed E-state index contributed by atoms with van der Waals surface area (Å²) in [6, 6.07) is 6.36. The zero-order valence-corrected chi connectivity index (χ0v) is 25.0. The first-order valence-electron chi connectivity index (χ1n) is 14.3. The molecule has 1 atom stereocenters. The van der Waals surface area contributed by atoms with E-state index in [2.05, 4.69) is 21.4 Å². The number of hydrogen-bond acceptors (Lipinski definition) is 8. The van der Waals surface area contributed by atoms with Gasteiger partial charge in [0.1, 0.15) is 11.6 Å². The van der Waals surface area contributed by atoms with Crippen molar-refractivity contribution in [3.63, 3.8) is 0 Å². The molecule has 5 heterocycles. The van der Waals surface area contributed by atoms with Gasteiger partial charge >= 0.3 is 0 Å². The summed E-state index contributed by atoms with van der Waals surface area (Å²) in [6.45, 7) is 7.48. The second-order valence-electron chi connectivity index (χ2n) is 11.1. The molecular weight excluding hydrogens is 566 g/mol. The number of carbonyl (C=O) groups excluding carboxylic acids is 1. The third-order valence-corrected chi connectivity index (χ3v) is 8.96. The summed E-state index contributed by atoms with van der Waals surface area (Å²) in [6.07, 6.45) is 5.76. The lowest BCUT2D eigenvalue weighted by Gasteiger charge is -2.36. The number of aromatic nitrogens is 3. The molecule has 2 aromatic heterocycles. The summed E-state index contributed by atoms with van der Waals surface area (Å²) in [5, 5.41) is 5.47. The monoisotopic (exact) mass is 601 g/mol. The Morgan fingerprint density at radius 3 is 2.51 bits per heavy atom.